The molecule has 0 spiro atoms. The number of hydrogen-bond acceptors (Lipinski definition) is 5. The van der Waals surface area contributed by atoms with Crippen molar-refractivity contribution in [2.24, 2.45) is 5.73 Å². The molecule has 0 fully saturated rings. The van der Waals surface area contributed by atoms with Crippen molar-refractivity contribution in [2.75, 3.05) is 39.5 Å². The van der Waals surface area contributed by atoms with Crippen molar-refractivity contribution in [3.63, 3.8) is 0 Å². The van der Waals surface area contributed by atoms with Crippen LogP contribution in [0.25, 0.3) is 0 Å². The summed E-state index contributed by atoms with van der Waals surface area (Å²) in [4.78, 5) is 6.78. The molecule has 0 atom stereocenters. The minimum atomic E-state index is 0.326. The Balaban J connectivity index is 2.60. The third-order valence-electron chi connectivity index (χ3n) is 2.99. The molecule has 1 heterocycles. The van der Waals surface area contributed by atoms with E-state index in [0.29, 0.717) is 10.7 Å². The van der Waals surface area contributed by atoms with Crippen molar-refractivity contribution >= 4 is 17.2 Å². The zero-order valence-electron chi connectivity index (χ0n) is 12.9. The molecular weight excluding hydrogens is 286 g/mol. The summed E-state index contributed by atoms with van der Waals surface area (Å²) in [6.07, 6.45) is 1.74. The fourth-order valence-corrected chi connectivity index (χ4v) is 2.02. The maximum absolute atomic E-state index is 5.63. The Morgan fingerprint density at radius 2 is 1.86 bits per heavy atom. The molecule has 5 nitrogen and oxygen atoms in total. The molecule has 2 N–H and O–H groups in total. The lowest BCUT2D eigenvalue weighted by Gasteiger charge is -2.22. The van der Waals surface area contributed by atoms with E-state index in [9.17, 15) is 0 Å². The molecule has 0 bridgehead atoms. The summed E-state index contributed by atoms with van der Waals surface area (Å²) in [5.41, 5.74) is 7.43. The number of rotatable bonds is 11. The normalized spacial score (nSPS) is 11.0. The van der Waals surface area contributed by atoms with Gasteiger partial charge in [-0.15, -0.1) is 0 Å². The van der Waals surface area contributed by atoms with Crippen LogP contribution in [-0.4, -0.2) is 54.4 Å². The van der Waals surface area contributed by atoms with E-state index in [2.05, 4.69) is 9.88 Å². The Kier molecular flexibility index (Phi) is 9.09. The maximum atomic E-state index is 5.63. The van der Waals surface area contributed by atoms with Gasteiger partial charge in [0.1, 0.15) is 4.99 Å². The van der Waals surface area contributed by atoms with Crippen molar-refractivity contribution in [3.05, 3.63) is 29.6 Å². The van der Waals surface area contributed by atoms with Crippen molar-refractivity contribution in [1.82, 2.24) is 9.88 Å². The van der Waals surface area contributed by atoms with Crippen LogP contribution >= 0.6 is 12.2 Å². The topological polar surface area (TPSA) is 60.6 Å². The van der Waals surface area contributed by atoms with Gasteiger partial charge in [0, 0.05) is 39.0 Å². The van der Waals surface area contributed by atoms with Crippen LogP contribution in [0, 0.1) is 0 Å². The van der Waals surface area contributed by atoms with Crippen LogP contribution in [0.2, 0.25) is 0 Å². The molecule has 0 aliphatic rings. The van der Waals surface area contributed by atoms with Gasteiger partial charge in [-0.1, -0.05) is 12.2 Å². The Bertz CT molecular complexity index is 419. The van der Waals surface area contributed by atoms with Gasteiger partial charge in [-0.25, -0.2) is 0 Å². The maximum Gasteiger partial charge on any atom is 0.122 e. The van der Waals surface area contributed by atoms with Gasteiger partial charge in [0.2, 0.25) is 0 Å². The van der Waals surface area contributed by atoms with Gasteiger partial charge in [0.15, 0.2) is 0 Å². The van der Waals surface area contributed by atoms with E-state index in [-0.39, 0.29) is 0 Å². The first-order valence-electron chi connectivity index (χ1n) is 7.30. The molecule has 0 saturated carbocycles. The first-order valence-corrected chi connectivity index (χ1v) is 7.70. The molecule has 1 aromatic heterocycles. The van der Waals surface area contributed by atoms with E-state index in [4.69, 9.17) is 27.4 Å². The molecule has 0 aromatic carbocycles. The van der Waals surface area contributed by atoms with Gasteiger partial charge in [0.05, 0.1) is 18.9 Å². The Morgan fingerprint density at radius 3 is 2.38 bits per heavy atom. The fraction of sp³-hybridized carbons (Fsp3) is 0.600. The molecule has 0 amide bonds. The monoisotopic (exact) mass is 311 g/mol. The zero-order valence-corrected chi connectivity index (χ0v) is 13.7. The Labute approximate surface area is 132 Å². The molecule has 0 unspecified atom stereocenters. The number of ether oxygens (including phenoxy) is 2. The largest absolute Gasteiger partial charge is 0.388 e. The highest BCUT2D eigenvalue weighted by atomic mass is 32.1. The van der Waals surface area contributed by atoms with Gasteiger partial charge in [-0.05, 0) is 31.5 Å². The first kappa shape index (κ1) is 18.0. The summed E-state index contributed by atoms with van der Waals surface area (Å²) < 4.78 is 10.9. The van der Waals surface area contributed by atoms with Crippen molar-refractivity contribution < 1.29 is 9.47 Å². The standard InChI is InChI=1S/C15H25N3O2S/c1-3-19-9-7-18(8-10-20-4-2)12-13-5-6-17-14(11-13)15(16)21/h5-6,11H,3-4,7-10,12H2,1-2H3,(H2,16,21). The van der Waals surface area contributed by atoms with E-state index in [1.807, 2.05) is 26.0 Å². The van der Waals surface area contributed by atoms with Crippen molar-refractivity contribution in [1.29, 1.82) is 0 Å². The van der Waals surface area contributed by atoms with Crippen LogP contribution in [-0.2, 0) is 16.0 Å². The van der Waals surface area contributed by atoms with Crippen molar-refractivity contribution in [2.45, 2.75) is 20.4 Å². The van der Waals surface area contributed by atoms with Gasteiger partial charge < -0.3 is 15.2 Å². The summed E-state index contributed by atoms with van der Waals surface area (Å²) in [7, 11) is 0. The second kappa shape index (κ2) is 10.6. The van der Waals surface area contributed by atoms with Crippen LogP contribution in [0.5, 0.6) is 0 Å². The highest BCUT2D eigenvalue weighted by molar-refractivity contribution is 7.80. The third kappa shape index (κ3) is 7.47. The quantitative estimate of drug-likeness (QED) is 0.495. The molecule has 21 heavy (non-hydrogen) atoms. The van der Waals surface area contributed by atoms with Gasteiger partial charge in [-0.2, -0.15) is 0 Å². The predicted octanol–water partition coefficient (Wildman–Crippen LogP) is 1.59. The molecule has 1 rings (SSSR count). The van der Waals surface area contributed by atoms with E-state index in [1.54, 1.807) is 6.20 Å². The smallest absolute Gasteiger partial charge is 0.122 e. The minimum Gasteiger partial charge on any atom is -0.388 e. The summed E-state index contributed by atoms with van der Waals surface area (Å²) in [6.45, 7) is 9.45. The molecule has 0 aliphatic carbocycles. The first-order chi connectivity index (χ1) is 10.2. The Morgan fingerprint density at radius 1 is 1.24 bits per heavy atom. The van der Waals surface area contributed by atoms with Crippen LogP contribution in [0.1, 0.15) is 25.1 Å². The zero-order chi connectivity index (χ0) is 15.5. The summed E-state index contributed by atoms with van der Waals surface area (Å²) in [5, 5.41) is 0. The van der Waals surface area contributed by atoms with Gasteiger partial charge >= 0.3 is 0 Å². The lowest BCUT2D eigenvalue weighted by Crippen LogP contribution is -2.31. The minimum absolute atomic E-state index is 0.326. The summed E-state index contributed by atoms with van der Waals surface area (Å²) in [6, 6.07) is 3.92. The molecular formula is C15H25N3O2S. The second-order valence-electron chi connectivity index (χ2n) is 4.58. The average Bonchev–Trinajstić information content (AvgIpc) is 2.48. The number of aromatic nitrogens is 1. The average molecular weight is 311 g/mol. The lowest BCUT2D eigenvalue weighted by molar-refractivity contribution is 0.0798. The molecule has 6 heteroatoms. The van der Waals surface area contributed by atoms with Crippen LogP contribution < -0.4 is 5.73 Å². The molecule has 0 radical (unpaired) electrons. The Hall–Kier alpha value is -1.08. The highest BCUT2D eigenvalue weighted by Crippen LogP contribution is 2.06. The van der Waals surface area contributed by atoms with E-state index in [0.717, 1.165) is 51.6 Å². The van der Waals surface area contributed by atoms with E-state index in [1.165, 1.54) is 0 Å². The second-order valence-corrected chi connectivity index (χ2v) is 5.02. The number of hydrogen-bond donors (Lipinski definition) is 1. The number of pyridine rings is 1. The predicted molar refractivity (Wildman–Crippen MR) is 88.4 cm³/mol. The van der Waals surface area contributed by atoms with Crippen LogP contribution in [0.4, 0.5) is 0 Å². The van der Waals surface area contributed by atoms with Crippen LogP contribution in [0.3, 0.4) is 0 Å². The van der Waals surface area contributed by atoms with Gasteiger partial charge in [0.25, 0.3) is 0 Å². The van der Waals surface area contributed by atoms with E-state index < -0.39 is 0 Å². The molecule has 1 aromatic rings. The van der Waals surface area contributed by atoms with Crippen molar-refractivity contribution in [3.8, 4) is 0 Å². The van der Waals surface area contributed by atoms with E-state index >= 15 is 0 Å². The number of nitrogens with zero attached hydrogens (tertiary/aromatic N) is 2. The summed E-state index contributed by atoms with van der Waals surface area (Å²) >= 11 is 4.97. The number of nitrogens with two attached hydrogens (primary N) is 1. The fourth-order valence-electron chi connectivity index (χ4n) is 1.91. The molecule has 118 valence electrons. The van der Waals surface area contributed by atoms with Crippen LogP contribution in [0.15, 0.2) is 18.3 Å². The molecule has 0 saturated heterocycles. The highest BCUT2D eigenvalue weighted by Gasteiger charge is 2.08. The molecule has 0 aliphatic heterocycles. The van der Waals surface area contributed by atoms with Gasteiger partial charge in [-0.3, -0.25) is 9.88 Å². The third-order valence-corrected chi connectivity index (χ3v) is 3.20. The number of thiocarbonyl (C=S) groups is 1. The lowest BCUT2D eigenvalue weighted by atomic mass is 10.2. The SMILES string of the molecule is CCOCCN(CCOCC)Cc1ccnc(C(N)=S)c1. The summed E-state index contributed by atoms with van der Waals surface area (Å²) in [5.74, 6) is 0.